The lowest BCUT2D eigenvalue weighted by Gasteiger charge is -2.38. The molecular weight excluding hydrogens is 260 g/mol. The first kappa shape index (κ1) is 15.3. The van der Waals surface area contributed by atoms with Crippen molar-refractivity contribution in [2.24, 2.45) is 11.3 Å². The molecule has 0 amide bonds. The highest BCUT2D eigenvalue weighted by atomic mass is 32.2. The van der Waals surface area contributed by atoms with Crippen LogP contribution in [0, 0.1) is 11.3 Å². The van der Waals surface area contributed by atoms with Crippen molar-refractivity contribution in [3.63, 3.8) is 0 Å². The molecule has 2 aliphatic heterocycles. The number of nitrogens with one attached hydrogen (secondary N) is 1. The Morgan fingerprint density at radius 1 is 1.32 bits per heavy atom. The maximum atomic E-state index is 12.5. The van der Waals surface area contributed by atoms with Crippen LogP contribution < -0.4 is 5.32 Å². The zero-order chi connectivity index (χ0) is 13.9. The number of sulfonamides is 1. The summed E-state index contributed by atoms with van der Waals surface area (Å²) in [6.45, 7) is 7.81. The Morgan fingerprint density at radius 3 is 2.53 bits per heavy atom. The van der Waals surface area contributed by atoms with E-state index in [2.05, 4.69) is 19.2 Å². The van der Waals surface area contributed by atoms with Crippen molar-refractivity contribution in [2.45, 2.75) is 46.0 Å². The lowest BCUT2D eigenvalue weighted by atomic mass is 9.79. The van der Waals surface area contributed by atoms with Crippen LogP contribution in [-0.2, 0) is 10.0 Å². The van der Waals surface area contributed by atoms with Gasteiger partial charge in [0, 0.05) is 13.1 Å². The molecule has 4 nitrogen and oxygen atoms in total. The van der Waals surface area contributed by atoms with E-state index in [-0.39, 0.29) is 0 Å². The summed E-state index contributed by atoms with van der Waals surface area (Å²) in [4.78, 5) is 0. The normalized spacial score (nSPS) is 29.3. The molecule has 19 heavy (non-hydrogen) atoms. The van der Waals surface area contributed by atoms with Crippen molar-refractivity contribution in [2.75, 3.05) is 31.9 Å². The molecule has 2 aliphatic rings. The summed E-state index contributed by atoms with van der Waals surface area (Å²) in [5.41, 5.74) is 0.346. The highest BCUT2D eigenvalue weighted by Gasteiger charge is 2.34. The molecule has 2 rings (SSSR count). The topological polar surface area (TPSA) is 49.4 Å². The summed E-state index contributed by atoms with van der Waals surface area (Å²) in [5, 5.41) is 3.30. The smallest absolute Gasteiger partial charge is 0.214 e. The van der Waals surface area contributed by atoms with E-state index in [1.54, 1.807) is 4.31 Å². The van der Waals surface area contributed by atoms with Crippen LogP contribution >= 0.6 is 0 Å². The summed E-state index contributed by atoms with van der Waals surface area (Å²) in [6, 6.07) is 0. The van der Waals surface area contributed by atoms with Crippen molar-refractivity contribution >= 4 is 10.0 Å². The van der Waals surface area contributed by atoms with Gasteiger partial charge in [-0.2, -0.15) is 0 Å². The van der Waals surface area contributed by atoms with Crippen LogP contribution in [0.4, 0.5) is 0 Å². The van der Waals surface area contributed by atoms with E-state index in [9.17, 15) is 8.42 Å². The molecule has 0 aromatic carbocycles. The standard InChI is InChI=1S/C14H28N2O2S/c1-3-14(2)6-9-16(10-7-14)19(17,18)12-13-5-4-8-15-11-13/h13,15H,3-12H2,1-2H3. The average molecular weight is 288 g/mol. The van der Waals surface area contributed by atoms with E-state index < -0.39 is 10.0 Å². The summed E-state index contributed by atoms with van der Waals surface area (Å²) in [5.74, 6) is 0.640. The van der Waals surface area contributed by atoms with Crippen molar-refractivity contribution in [3.8, 4) is 0 Å². The van der Waals surface area contributed by atoms with Gasteiger partial charge in [0.15, 0.2) is 0 Å². The number of nitrogens with zero attached hydrogens (tertiary/aromatic N) is 1. The second-order valence-corrected chi connectivity index (χ2v) is 8.57. The molecule has 2 fully saturated rings. The van der Waals surface area contributed by atoms with Gasteiger partial charge >= 0.3 is 0 Å². The first-order chi connectivity index (χ1) is 8.95. The molecule has 0 radical (unpaired) electrons. The van der Waals surface area contributed by atoms with Crippen molar-refractivity contribution in [1.29, 1.82) is 0 Å². The van der Waals surface area contributed by atoms with Crippen molar-refractivity contribution in [1.82, 2.24) is 9.62 Å². The maximum Gasteiger partial charge on any atom is 0.214 e. The van der Waals surface area contributed by atoms with E-state index in [4.69, 9.17) is 0 Å². The first-order valence-electron chi connectivity index (χ1n) is 7.64. The second kappa shape index (κ2) is 6.10. The van der Waals surface area contributed by atoms with E-state index in [1.165, 1.54) is 0 Å². The van der Waals surface area contributed by atoms with Crippen LogP contribution in [0.15, 0.2) is 0 Å². The van der Waals surface area contributed by atoms with Gasteiger partial charge in [-0.15, -0.1) is 0 Å². The van der Waals surface area contributed by atoms with Crippen molar-refractivity contribution < 1.29 is 8.42 Å². The van der Waals surface area contributed by atoms with Gasteiger partial charge in [0.05, 0.1) is 5.75 Å². The zero-order valence-corrected chi connectivity index (χ0v) is 13.1. The highest BCUT2D eigenvalue weighted by molar-refractivity contribution is 7.89. The number of hydrogen-bond acceptors (Lipinski definition) is 3. The molecule has 0 aliphatic carbocycles. The van der Waals surface area contributed by atoms with Crippen LogP contribution in [0.5, 0.6) is 0 Å². The minimum absolute atomic E-state index is 0.304. The third-order valence-corrected chi connectivity index (χ3v) is 7.07. The van der Waals surface area contributed by atoms with Crippen LogP contribution in [0.3, 0.4) is 0 Å². The molecule has 2 heterocycles. The first-order valence-corrected chi connectivity index (χ1v) is 9.25. The Kier molecular flexibility index (Phi) is 4.90. The van der Waals surface area contributed by atoms with Crippen LogP contribution in [0.1, 0.15) is 46.0 Å². The van der Waals surface area contributed by atoms with Gasteiger partial charge in [-0.3, -0.25) is 0 Å². The van der Waals surface area contributed by atoms with Gasteiger partial charge in [0.1, 0.15) is 0 Å². The third-order valence-electron chi connectivity index (χ3n) is 5.02. The van der Waals surface area contributed by atoms with Gasteiger partial charge in [0.25, 0.3) is 0 Å². The summed E-state index contributed by atoms with van der Waals surface area (Å²) in [7, 11) is -3.05. The molecule has 5 heteroatoms. The van der Waals surface area contributed by atoms with E-state index >= 15 is 0 Å². The SMILES string of the molecule is CCC1(C)CCN(S(=O)(=O)CC2CCCNC2)CC1. The molecule has 2 saturated heterocycles. The Hall–Kier alpha value is -0.130. The predicted octanol–water partition coefficient (Wildman–Crippen LogP) is 1.83. The van der Waals surface area contributed by atoms with E-state index in [1.807, 2.05) is 0 Å². The second-order valence-electron chi connectivity index (χ2n) is 6.55. The van der Waals surface area contributed by atoms with E-state index in [0.717, 1.165) is 45.2 Å². The number of rotatable bonds is 4. The minimum Gasteiger partial charge on any atom is -0.316 e. The lowest BCUT2D eigenvalue weighted by Crippen LogP contribution is -2.45. The summed E-state index contributed by atoms with van der Waals surface area (Å²) >= 11 is 0. The van der Waals surface area contributed by atoms with Crippen LogP contribution in [0.25, 0.3) is 0 Å². The average Bonchev–Trinajstić information content (AvgIpc) is 2.40. The largest absolute Gasteiger partial charge is 0.316 e. The summed E-state index contributed by atoms with van der Waals surface area (Å²) in [6.07, 6.45) is 5.31. The fourth-order valence-electron chi connectivity index (χ4n) is 3.13. The molecular formula is C14H28N2O2S. The fraction of sp³-hybridized carbons (Fsp3) is 1.00. The number of hydrogen-bond donors (Lipinski definition) is 1. The van der Waals surface area contributed by atoms with E-state index in [0.29, 0.717) is 30.2 Å². The summed E-state index contributed by atoms with van der Waals surface area (Å²) < 4.78 is 26.6. The molecule has 0 aromatic heterocycles. The predicted molar refractivity (Wildman–Crippen MR) is 78.6 cm³/mol. The maximum absolute atomic E-state index is 12.5. The van der Waals surface area contributed by atoms with Gasteiger partial charge < -0.3 is 5.32 Å². The molecule has 0 bridgehead atoms. The monoisotopic (exact) mass is 288 g/mol. The Morgan fingerprint density at radius 2 is 2.00 bits per heavy atom. The minimum atomic E-state index is -3.05. The third kappa shape index (κ3) is 3.92. The molecule has 0 saturated carbocycles. The quantitative estimate of drug-likeness (QED) is 0.858. The van der Waals surface area contributed by atoms with Gasteiger partial charge in [-0.05, 0) is 50.1 Å². The lowest BCUT2D eigenvalue weighted by molar-refractivity contribution is 0.168. The zero-order valence-electron chi connectivity index (χ0n) is 12.3. The Labute approximate surface area is 118 Å². The molecule has 1 N–H and O–H groups in total. The van der Waals surface area contributed by atoms with Gasteiger partial charge in [-0.1, -0.05) is 20.3 Å². The van der Waals surface area contributed by atoms with Gasteiger partial charge in [-0.25, -0.2) is 12.7 Å². The Bertz CT molecular complexity index is 380. The van der Waals surface area contributed by atoms with Crippen LogP contribution in [0.2, 0.25) is 0 Å². The molecule has 1 atom stereocenters. The molecule has 0 aromatic rings. The van der Waals surface area contributed by atoms with Gasteiger partial charge in [0.2, 0.25) is 10.0 Å². The Balaban J connectivity index is 1.90. The van der Waals surface area contributed by atoms with Crippen molar-refractivity contribution in [3.05, 3.63) is 0 Å². The number of piperidine rings is 2. The van der Waals surface area contributed by atoms with Crippen LogP contribution in [-0.4, -0.2) is 44.7 Å². The molecule has 112 valence electrons. The fourth-order valence-corrected chi connectivity index (χ4v) is 4.96. The highest BCUT2D eigenvalue weighted by Crippen LogP contribution is 2.35. The molecule has 1 unspecified atom stereocenters. The molecule has 0 spiro atoms.